The third kappa shape index (κ3) is 12.3. The van der Waals surface area contributed by atoms with Crippen molar-refractivity contribution in [2.75, 3.05) is 19.7 Å². The monoisotopic (exact) mass is 804 g/mol. The number of fused-ring (bicyclic) bond motifs is 2. The number of nitrogens with one attached hydrogen (secondary N) is 3. The summed E-state index contributed by atoms with van der Waals surface area (Å²) in [6.45, 7) is 6.18. The second-order valence-electron chi connectivity index (χ2n) is 16.8. The number of hydrogen-bond donors (Lipinski definition) is 4. The minimum Gasteiger partial charge on any atom is -0.482 e. The van der Waals surface area contributed by atoms with Crippen molar-refractivity contribution in [3.05, 3.63) is 108 Å². The van der Waals surface area contributed by atoms with Gasteiger partial charge in [-0.25, -0.2) is 9.78 Å². The van der Waals surface area contributed by atoms with Crippen LogP contribution in [0.2, 0.25) is 0 Å². The van der Waals surface area contributed by atoms with E-state index in [1.807, 2.05) is 69.3 Å². The van der Waals surface area contributed by atoms with E-state index >= 15 is 0 Å². The van der Waals surface area contributed by atoms with Gasteiger partial charge in [0, 0.05) is 24.0 Å². The van der Waals surface area contributed by atoms with Crippen LogP contribution in [-0.4, -0.2) is 88.9 Å². The molecule has 0 unspecified atom stereocenters. The Morgan fingerprint density at radius 3 is 2.24 bits per heavy atom. The molecule has 2 fully saturated rings. The average Bonchev–Trinajstić information content (AvgIpc) is 3.21. The highest BCUT2D eigenvalue weighted by molar-refractivity contribution is 5.99. The third-order valence-electron chi connectivity index (χ3n) is 11.0. The smallest absolute Gasteiger partial charge is 0.344 e. The molecule has 0 spiro atoms. The van der Waals surface area contributed by atoms with Gasteiger partial charge in [-0.2, -0.15) is 0 Å². The SMILES string of the molecule is CC(C)(C)NC(=O)[C@@H]1C[C@@H]2CCCC[C@@H]2CN1C[C@@H](OC(=O)COc1ccccc1)[C@H](Cc1ccccc1)NC(=O)[C@H](CC(N)=O)NC(=O)c1ccc2ccccc2n1. The van der Waals surface area contributed by atoms with Crippen LogP contribution in [0.3, 0.4) is 0 Å². The number of amides is 4. The van der Waals surface area contributed by atoms with Crippen LogP contribution in [-0.2, 0) is 30.3 Å². The molecule has 2 heterocycles. The molecule has 13 heteroatoms. The van der Waals surface area contributed by atoms with E-state index in [1.165, 1.54) is 0 Å². The number of primary amides is 1. The van der Waals surface area contributed by atoms with Crippen LogP contribution in [0.5, 0.6) is 5.75 Å². The highest BCUT2D eigenvalue weighted by atomic mass is 16.6. The molecule has 4 amide bonds. The molecule has 1 aliphatic carbocycles. The van der Waals surface area contributed by atoms with Crippen LogP contribution in [0.1, 0.15) is 75.3 Å². The Bertz CT molecular complexity index is 2070. The second kappa shape index (κ2) is 19.8. The molecule has 1 saturated heterocycles. The summed E-state index contributed by atoms with van der Waals surface area (Å²) in [6.07, 6.45) is 3.71. The number of ether oxygens (including phenoxy) is 2. The van der Waals surface area contributed by atoms with E-state index in [0.29, 0.717) is 36.1 Å². The number of benzene rings is 3. The number of likely N-dealkylation sites (tertiary alicyclic amines) is 1. The number of hydrogen-bond acceptors (Lipinski definition) is 9. The molecule has 59 heavy (non-hydrogen) atoms. The fourth-order valence-electron chi connectivity index (χ4n) is 8.23. The molecule has 3 aromatic carbocycles. The van der Waals surface area contributed by atoms with Gasteiger partial charge in [0.05, 0.1) is 24.0 Å². The number of carbonyl (C=O) groups excluding carboxylic acids is 5. The zero-order valence-corrected chi connectivity index (χ0v) is 34.1. The first kappa shape index (κ1) is 42.8. The molecule has 1 aromatic heterocycles. The minimum absolute atomic E-state index is 0.0581. The first-order valence-electron chi connectivity index (χ1n) is 20.5. The summed E-state index contributed by atoms with van der Waals surface area (Å²) in [4.78, 5) is 74.7. The lowest BCUT2D eigenvalue weighted by Gasteiger charge is -2.47. The molecule has 13 nitrogen and oxygen atoms in total. The summed E-state index contributed by atoms with van der Waals surface area (Å²) in [5.41, 5.74) is 6.64. The topological polar surface area (TPSA) is 182 Å². The number of piperidine rings is 1. The van der Waals surface area contributed by atoms with Crippen molar-refractivity contribution in [3.8, 4) is 5.75 Å². The van der Waals surface area contributed by atoms with E-state index in [-0.39, 0.29) is 24.6 Å². The van der Waals surface area contributed by atoms with E-state index in [1.54, 1.807) is 48.5 Å². The average molecular weight is 805 g/mol. The van der Waals surface area contributed by atoms with Crippen molar-refractivity contribution in [2.45, 2.75) is 95.5 Å². The Labute approximate surface area is 345 Å². The van der Waals surface area contributed by atoms with E-state index in [2.05, 4.69) is 25.8 Å². The van der Waals surface area contributed by atoms with E-state index in [9.17, 15) is 24.0 Å². The summed E-state index contributed by atoms with van der Waals surface area (Å²) < 4.78 is 12.1. The van der Waals surface area contributed by atoms with Gasteiger partial charge in [0.1, 0.15) is 23.6 Å². The summed E-state index contributed by atoms with van der Waals surface area (Å²) in [7, 11) is 0. The Morgan fingerprint density at radius 1 is 0.847 bits per heavy atom. The molecule has 2 aliphatic rings. The van der Waals surface area contributed by atoms with Crippen LogP contribution in [0.15, 0.2) is 97.1 Å². The molecule has 0 radical (unpaired) electrons. The van der Waals surface area contributed by atoms with Gasteiger partial charge in [-0.15, -0.1) is 0 Å². The maximum atomic E-state index is 14.4. The number of nitrogens with two attached hydrogens (primary N) is 1. The molecule has 1 saturated carbocycles. The van der Waals surface area contributed by atoms with E-state index in [0.717, 1.165) is 36.6 Å². The van der Waals surface area contributed by atoms with Gasteiger partial charge in [-0.1, -0.05) is 92.1 Å². The van der Waals surface area contributed by atoms with Crippen molar-refractivity contribution >= 4 is 40.5 Å². The molecule has 1 aliphatic heterocycles. The van der Waals surface area contributed by atoms with Gasteiger partial charge in [-0.3, -0.25) is 24.1 Å². The van der Waals surface area contributed by atoms with Crippen LogP contribution in [0.25, 0.3) is 10.9 Å². The standard InChI is InChI=1S/C46H56N6O7/c1-46(2,3)51-45(57)39-25-32-17-10-11-18-33(32)27-52(39)28-40(59-42(54)29-58-34-19-8-5-9-20-34)37(24-30-14-6-4-7-15-30)49-44(56)38(26-41(47)53)50-43(55)36-23-22-31-16-12-13-21-35(31)48-36/h4-9,12-16,19-23,32-33,37-40H,10-11,17-18,24-29H2,1-3H3,(H2,47,53)(H,49,56)(H,50,55)(H,51,57)/t32-,33+,37-,38-,39-,40+/m0/s1. The van der Waals surface area contributed by atoms with Gasteiger partial charge in [-0.05, 0) is 81.7 Å². The zero-order valence-electron chi connectivity index (χ0n) is 34.1. The van der Waals surface area contributed by atoms with Crippen LogP contribution < -0.4 is 26.4 Å². The Hall–Kier alpha value is -5.82. The third-order valence-corrected chi connectivity index (χ3v) is 11.0. The van der Waals surface area contributed by atoms with Crippen LogP contribution in [0.4, 0.5) is 0 Å². The highest BCUT2D eigenvalue weighted by Crippen LogP contribution is 2.39. The second-order valence-corrected chi connectivity index (χ2v) is 16.8. The van der Waals surface area contributed by atoms with E-state index in [4.69, 9.17) is 15.2 Å². The van der Waals surface area contributed by atoms with Crippen molar-refractivity contribution in [1.82, 2.24) is 25.8 Å². The Morgan fingerprint density at radius 2 is 1.53 bits per heavy atom. The van der Waals surface area contributed by atoms with Gasteiger partial charge < -0.3 is 31.2 Å². The predicted molar refractivity (Wildman–Crippen MR) is 224 cm³/mol. The molecule has 4 aromatic rings. The summed E-state index contributed by atoms with van der Waals surface area (Å²) in [5, 5.41) is 9.71. The van der Waals surface area contributed by atoms with Gasteiger partial charge in [0.2, 0.25) is 17.7 Å². The molecular weight excluding hydrogens is 749 g/mol. The summed E-state index contributed by atoms with van der Waals surface area (Å²) >= 11 is 0. The number of pyridine rings is 1. The fraction of sp³-hybridized carbons (Fsp3) is 0.435. The maximum absolute atomic E-state index is 14.4. The quantitative estimate of drug-likeness (QED) is 0.117. The van der Waals surface area contributed by atoms with Crippen molar-refractivity contribution in [2.24, 2.45) is 17.6 Å². The molecule has 6 rings (SSSR count). The van der Waals surface area contributed by atoms with Gasteiger partial charge >= 0.3 is 5.97 Å². The zero-order chi connectivity index (χ0) is 41.9. The largest absolute Gasteiger partial charge is 0.482 e. The molecule has 5 N–H and O–H groups in total. The summed E-state index contributed by atoms with van der Waals surface area (Å²) in [5.74, 6) is -1.70. The first-order valence-corrected chi connectivity index (χ1v) is 20.5. The lowest BCUT2D eigenvalue weighted by molar-refractivity contribution is -0.156. The molecule has 312 valence electrons. The van der Waals surface area contributed by atoms with Crippen molar-refractivity contribution < 1.29 is 33.4 Å². The van der Waals surface area contributed by atoms with Crippen LogP contribution in [0, 0.1) is 11.8 Å². The normalized spacial score (nSPS) is 19.6. The first-order chi connectivity index (χ1) is 28.3. The maximum Gasteiger partial charge on any atom is 0.344 e. The van der Waals surface area contributed by atoms with Gasteiger partial charge in [0.15, 0.2) is 6.61 Å². The van der Waals surface area contributed by atoms with Crippen LogP contribution >= 0.6 is 0 Å². The Kier molecular flexibility index (Phi) is 14.3. The molecule has 0 bridgehead atoms. The number of aromatic nitrogens is 1. The highest BCUT2D eigenvalue weighted by Gasteiger charge is 2.43. The summed E-state index contributed by atoms with van der Waals surface area (Å²) in [6, 6.07) is 26.2. The number of para-hydroxylation sites is 2. The number of nitrogens with zero attached hydrogens (tertiary/aromatic N) is 2. The minimum atomic E-state index is -1.38. The van der Waals surface area contributed by atoms with Gasteiger partial charge in [0.25, 0.3) is 5.91 Å². The lowest BCUT2D eigenvalue weighted by Crippen LogP contribution is -2.61. The van der Waals surface area contributed by atoms with E-state index < -0.39 is 66.5 Å². The van der Waals surface area contributed by atoms with Crippen molar-refractivity contribution in [1.29, 1.82) is 0 Å². The number of carbonyl (C=O) groups is 5. The number of esters is 1. The fourth-order valence-corrected chi connectivity index (χ4v) is 8.23. The lowest BCUT2D eigenvalue weighted by atomic mass is 9.72. The Balaban J connectivity index is 1.31. The van der Waals surface area contributed by atoms with Crippen molar-refractivity contribution in [3.63, 3.8) is 0 Å². The predicted octanol–water partition coefficient (Wildman–Crippen LogP) is 4.72. The molecule has 6 atom stereocenters. The molecular formula is C46H56N6O7. The number of rotatable bonds is 16.